The van der Waals surface area contributed by atoms with E-state index in [1.165, 1.54) is 0 Å². The minimum atomic E-state index is 0.108. The lowest BCUT2D eigenvalue weighted by Gasteiger charge is -2.26. The first-order valence-corrected chi connectivity index (χ1v) is 6.56. The highest BCUT2D eigenvalue weighted by Gasteiger charge is 2.16. The molecule has 1 heterocycles. The number of pyridine rings is 1. The van der Waals surface area contributed by atoms with Crippen molar-refractivity contribution in [1.82, 2.24) is 4.98 Å². The first kappa shape index (κ1) is 14.9. The third-order valence-electron chi connectivity index (χ3n) is 2.76. The van der Waals surface area contributed by atoms with Gasteiger partial charge in [0.2, 0.25) is 0 Å². The number of rotatable bonds is 6. The Hall–Kier alpha value is -1.20. The number of hydrogen-bond donors (Lipinski definition) is 2. The van der Waals surface area contributed by atoms with Crippen LogP contribution in [-0.4, -0.2) is 34.8 Å². The maximum atomic E-state index is 9.17. The van der Waals surface area contributed by atoms with Gasteiger partial charge >= 0.3 is 0 Å². The standard InChI is InChI=1S/C13H21N3OS/c1-4-5-16(6-7-17)11-8-9(2)15-10(3)12(11)13(14)18/h8,17H,4-7H2,1-3H3,(H2,14,18). The second kappa shape index (κ2) is 6.66. The molecular formula is C13H21N3OS. The van der Waals surface area contributed by atoms with E-state index in [4.69, 9.17) is 18.0 Å². The monoisotopic (exact) mass is 267 g/mol. The number of aromatic nitrogens is 1. The Balaban J connectivity index is 3.29. The van der Waals surface area contributed by atoms with Crippen LogP contribution in [0.5, 0.6) is 0 Å². The second-order valence-corrected chi connectivity index (χ2v) is 4.76. The molecule has 3 N–H and O–H groups in total. The topological polar surface area (TPSA) is 62.4 Å². The number of nitrogens with two attached hydrogens (primary N) is 1. The zero-order valence-electron chi connectivity index (χ0n) is 11.2. The molecule has 5 heteroatoms. The molecular weight excluding hydrogens is 246 g/mol. The molecule has 18 heavy (non-hydrogen) atoms. The van der Waals surface area contributed by atoms with E-state index in [1.807, 2.05) is 19.9 Å². The number of aliphatic hydroxyl groups excluding tert-OH is 1. The summed E-state index contributed by atoms with van der Waals surface area (Å²) < 4.78 is 0. The lowest BCUT2D eigenvalue weighted by atomic mass is 10.1. The van der Waals surface area contributed by atoms with Crippen molar-refractivity contribution in [1.29, 1.82) is 0 Å². The Morgan fingerprint density at radius 1 is 1.44 bits per heavy atom. The highest BCUT2D eigenvalue weighted by Crippen LogP contribution is 2.24. The summed E-state index contributed by atoms with van der Waals surface area (Å²) in [5, 5.41) is 9.17. The van der Waals surface area contributed by atoms with Crippen molar-refractivity contribution in [3.8, 4) is 0 Å². The molecule has 0 spiro atoms. The molecule has 100 valence electrons. The van der Waals surface area contributed by atoms with Crippen LogP contribution in [0, 0.1) is 13.8 Å². The van der Waals surface area contributed by atoms with Crippen molar-refractivity contribution in [3.05, 3.63) is 23.0 Å². The summed E-state index contributed by atoms with van der Waals surface area (Å²) in [7, 11) is 0. The average molecular weight is 267 g/mol. The van der Waals surface area contributed by atoms with Gasteiger partial charge in [0.25, 0.3) is 0 Å². The van der Waals surface area contributed by atoms with Gasteiger partial charge in [-0.05, 0) is 26.3 Å². The fourth-order valence-electron chi connectivity index (χ4n) is 2.11. The quantitative estimate of drug-likeness (QED) is 0.766. The molecule has 0 atom stereocenters. The van der Waals surface area contributed by atoms with E-state index in [-0.39, 0.29) is 6.61 Å². The number of aliphatic hydroxyl groups is 1. The number of hydrogen-bond acceptors (Lipinski definition) is 4. The Bertz CT molecular complexity index is 428. The largest absolute Gasteiger partial charge is 0.395 e. The van der Waals surface area contributed by atoms with Gasteiger partial charge < -0.3 is 15.7 Å². The SMILES string of the molecule is CCCN(CCO)c1cc(C)nc(C)c1C(N)=S. The van der Waals surface area contributed by atoms with Crippen LogP contribution in [0.3, 0.4) is 0 Å². The molecule has 0 aromatic carbocycles. The molecule has 0 saturated heterocycles. The number of anilines is 1. The van der Waals surface area contributed by atoms with Gasteiger partial charge in [-0.15, -0.1) is 0 Å². The first-order chi connectivity index (χ1) is 8.51. The van der Waals surface area contributed by atoms with Crippen LogP contribution in [-0.2, 0) is 0 Å². The zero-order chi connectivity index (χ0) is 13.7. The molecule has 0 aliphatic heterocycles. The Morgan fingerprint density at radius 3 is 2.61 bits per heavy atom. The normalized spacial score (nSPS) is 10.4. The van der Waals surface area contributed by atoms with E-state index in [0.29, 0.717) is 11.5 Å². The molecule has 0 unspecified atom stereocenters. The summed E-state index contributed by atoms with van der Waals surface area (Å²) in [6.07, 6.45) is 0.997. The fourth-order valence-corrected chi connectivity index (χ4v) is 2.36. The molecule has 0 radical (unpaired) electrons. The molecule has 0 fully saturated rings. The van der Waals surface area contributed by atoms with Gasteiger partial charge in [-0.25, -0.2) is 0 Å². The smallest absolute Gasteiger partial charge is 0.107 e. The van der Waals surface area contributed by atoms with Gasteiger partial charge in [0.1, 0.15) is 4.99 Å². The van der Waals surface area contributed by atoms with Crippen LogP contribution in [0.4, 0.5) is 5.69 Å². The number of aryl methyl sites for hydroxylation is 2. The number of thiocarbonyl (C=S) groups is 1. The van der Waals surface area contributed by atoms with Crippen molar-refractivity contribution in [2.45, 2.75) is 27.2 Å². The average Bonchev–Trinajstić information content (AvgIpc) is 2.26. The maximum Gasteiger partial charge on any atom is 0.107 e. The third kappa shape index (κ3) is 3.40. The minimum Gasteiger partial charge on any atom is -0.395 e. The Morgan fingerprint density at radius 2 is 2.11 bits per heavy atom. The van der Waals surface area contributed by atoms with Crippen molar-refractivity contribution >= 4 is 22.9 Å². The third-order valence-corrected chi connectivity index (χ3v) is 2.96. The van der Waals surface area contributed by atoms with Crippen molar-refractivity contribution in [2.24, 2.45) is 5.73 Å². The van der Waals surface area contributed by atoms with E-state index in [0.717, 1.165) is 35.6 Å². The molecule has 1 rings (SSSR count). The van der Waals surface area contributed by atoms with Crippen molar-refractivity contribution in [2.75, 3.05) is 24.6 Å². The summed E-state index contributed by atoms with van der Waals surface area (Å²) in [6.45, 7) is 7.51. The van der Waals surface area contributed by atoms with Crippen molar-refractivity contribution in [3.63, 3.8) is 0 Å². The van der Waals surface area contributed by atoms with Gasteiger partial charge in [-0.3, -0.25) is 4.98 Å². The molecule has 0 bridgehead atoms. The Labute approximate surface area is 114 Å². The van der Waals surface area contributed by atoms with Gasteiger partial charge in [0, 0.05) is 24.5 Å². The molecule has 0 aliphatic rings. The minimum absolute atomic E-state index is 0.108. The number of nitrogens with zero attached hydrogens (tertiary/aromatic N) is 2. The lowest BCUT2D eigenvalue weighted by molar-refractivity contribution is 0.302. The highest BCUT2D eigenvalue weighted by atomic mass is 32.1. The predicted molar refractivity (Wildman–Crippen MR) is 79.2 cm³/mol. The second-order valence-electron chi connectivity index (χ2n) is 4.32. The fraction of sp³-hybridized carbons (Fsp3) is 0.538. The van der Waals surface area contributed by atoms with Crippen LogP contribution in [0.2, 0.25) is 0 Å². The summed E-state index contributed by atoms with van der Waals surface area (Å²) in [6, 6.07) is 1.98. The van der Waals surface area contributed by atoms with E-state index in [1.54, 1.807) is 0 Å². The molecule has 1 aromatic heterocycles. The van der Waals surface area contributed by atoms with Crippen LogP contribution in [0.25, 0.3) is 0 Å². The van der Waals surface area contributed by atoms with Crippen LogP contribution < -0.4 is 10.6 Å². The van der Waals surface area contributed by atoms with Gasteiger partial charge in [-0.1, -0.05) is 19.1 Å². The molecule has 0 amide bonds. The van der Waals surface area contributed by atoms with Crippen LogP contribution >= 0.6 is 12.2 Å². The molecule has 4 nitrogen and oxygen atoms in total. The predicted octanol–water partition coefficient (Wildman–Crippen LogP) is 1.54. The van der Waals surface area contributed by atoms with E-state index in [9.17, 15) is 5.11 Å². The van der Waals surface area contributed by atoms with Gasteiger partial charge in [-0.2, -0.15) is 0 Å². The summed E-state index contributed by atoms with van der Waals surface area (Å²) in [5.74, 6) is 0. The van der Waals surface area contributed by atoms with E-state index >= 15 is 0 Å². The summed E-state index contributed by atoms with van der Waals surface area (Å²) >= 11 is 5.12. The van der Waals surface area contributed by atoms with E-state index < -0.39 is 0 Å². The Kier molecular flexibility index (Phi) is 5.50. The van der Waals surface area contributed by atoms with Gasteiger partial charge in [0.15, 0.2) is 0 Å². The molecule has 0 aliphatic carbocycles. The molecule has 0 saturated carbocycles. The lowest BCUT2D eigenvalue weighted by Crippen LogP contribution is -2.30. The molecule has 1 aromatic rings. The van der Waals surface area contributed by atoms with Crippen molar-refractivity contribution < 1.29 is 5.11 Å². The maximum absolute atomic E-state index is 9.17. The summed E-state index contributed by atoms with van der Waals surface area (Å²) in [4.78, 5) is 6.86. The first-order valence-electron chi connectivity index (χ1n) is 6.15. The highest BCUT2D eigenvalue weighted by molar-refractivity contribution is 7.80. The summed E-state index contributed by atoms with van der Waals surface area (Å²) in [5.41, 5.74) is 9.37. The van der Waals surface area contributed by atoms with Gasteiger partial charge in [0.05, 0.1) is 17.9 Å². The van der Waals surface area contributed by atoms with Crippen LogP contribution in [0.15, 0.2) is 6.07 Å². The van der Waals surface area contributed by atoms with E-state index in [2.05, 4.69) is 16.8 Å². The van der Waals surface area contributed by atoms with Crippen LogP contribution in [0.1, 0.15) is 30.3 Å². The zero-order valence-corrected chi connectivity index (χ0v) is 12.0.